The molecule has 6 nitrogen and oxygen atoms in total. The summed E-state index contributed by atoms with van der Waals surface area (Å²) >= 11 is 1.36. The van der Waals surface area contributed by atoms with Gasteiger partial charge >= 0.3 is 0 Å². The van der Waals surface area contributed by atoms with Gasteiger partial charge in [-0.05, 0) is 12.1 Å². The second kappa shape index (κ2) is 6.13. The van der Waals surface area contributed by atoms with Gasteiger partial charge in [0.15, 0.2) is 0 Å². The highest BCUT2D eigenvalue weighted by molar-refractivity contribution is 7.13. The number of thiazole rings is 1. The number of amides is 1. The molecule has 24 heavy (non-hydrogen) atoms. The van der Waals surface area contributed by atoms with Crippen molar-refractivity contribution in [2.24, 2.45) is 0 Å². The number of carbonyl (C=O) groups is 1. The molecule has 0 unspecified atom stereocenters. The summed E-state index contributed by atoms with van der Waals surface area (Å²) in [6.07, 6.45) is 6.51. The fourth-order valence-corrected chi connectivity index (χ4v) is 3.06. The lowest BCUT2D eigenvalue weighted by Crippen LogP contribution is -2.12. The lowest BCUT2D eigenvalue weighted by molar-refractivity contribution is 0.102. The average molecular weight is 333 g/mol. The quantitative estimate of drug-likeness (QED) is 0.621. The van der Waals surface area contributed by atoms with Crippen molar-refractivity contribution in [1.82, 2.24) is 19.9 Å². The minimum Gasteiger partial charge on any atom is -0.319 e. The average Bonchev–Trinajstić information content (AvgIpc) is 3.13. The van der Waals surface area contributed by atoms with Gasteiger partial charge in [-0.15, -0.1) is 11.3 Å². The second-order valence-corrected chi connectivity index (χ2v) is 5.82. The van der Waals surface area contributed by atoms with E-state index in [4.69, 9.17) is 0 Å². The number of aromatic nitrogens is 4. The van der Waals surface area contributed by atoms with E-state index in [0.29, 0.717) is 22.1 Å². The van der Waals surface area contributed by atoms with E-state index >= 15 is 0 Å². The summed E-state index contributed by atoms with van der Waals surface area (Å²) in [5.74, 6) is -0.278. The fourth-order valence-electron chi connectivity index (χ4n) is 2.30. The van der Waals surface area contributed by atoms with Gasteiger partial charge in [0.2, 0.25) is 0 Å². The smallest absolute Gasteiger partial charge is 0.275 e. The molecule has 0 saturated carbocycles. The second-order valence-electron chi connectivity index (χ2n) is 4.96. The first kappa shape index (κ1) is 14.4. The SMILES string of the molecule is O=C(Nc1cccc2cccnc12)c1csc(-c2cnccn2)n1. The van der Waals surface area contributed by atoms with Crippen molar-refractivity contribution in [1.29, 1.82) is 0 Å². The van der Waals surface area contributed by atoms with Crippen LogP contribution in [-0.4, -0.2) is 25.8 Å². The van der Waals surface area contributed by atoms with Crippen molar-refractivity contribution >= 4 is 33.8 Å². The molecule has 3 aromatic heterocycles. The van der Waals surface area contributed by atoms with Gasteiger partial charge in [-0.2, -0.15) is 0 Å². The molecule has 0 bridgehead atoms. The van der Waals surface area contributed by atoms with Gasteiger partial charge in [0.25, 0.3) is 5.91 Å². The van der Waals surface area contributed by atoms with Crippen LogP contribution in [0.5, 0.6) is 0 Å². The normalized spacial score (nSPS) is 10.7. The van der Waals surface area contributed by atoms with Crippen LogP contribution in [0.3, 0.4) is 0 Å². The predicted molar refractivity (Wildman–Crippen MR) is 92.8 cm³/mol. The highest BCUT2D eigenvalue weighted by Gasteiger charge is 2.14. The summed E-state index contributed by atoms with van der Waals surface area (Å²) in [5, 5.41) is 6.20. The number of hydrogen-bond acceptors (Lipinski definition) is 6. The van der Waals surface area contributed by atoms with E-state index in [0.717, 1.165) is 10.9 Å². The Morgan fingerprint density at radius 3 is 2.83 bits per heavy atom. The minimum atomic E-state index is -0.278. The van der Waals surface area contributed by atoms with Gasteiger partial charge in [0, 0.05) is 29.4 Å². The summed E-state index contributed by atoms with van der Waals surface area (Å²) in [6.45, 7) is 0. The van der Waals surface area contributed by atoms with Crippen molar-refractivity contribution in [3.05, 3.63) is 66.2 Å². The Balaban J connectivity index is 1.62. The van der Waals surface area contributed by atoms with Crippen molar-refractivity contribution in [3.63, 3.8) is 0 Å². The van der Waals surface area contributed by atoms with Gasteiger partial charge in [-0.1, -0.05) is 18.2 Å². The van der Waals surface area contributed by atoms with E-state index in [1.165, 1.54) is 11.3 Å². The van der Waals surface area contributed by atoms with Crippen LogP contribution in [0.4, 0.5) is 5.69 Å². The molecule has 4 rings (SSSR count). The Morgan fingerprint density at radius 2 is 1.96 bits per heavy atom. The number of hydrogen-bond donors (Lipinski definition) is 1. The zero-order valence-corrected chi connectivity index (χ0v) is 13.2. The maximum Gasteiger partial charge on any atom is 0.275 e. The molecule has 3 heterocycles. The Kier molecular flexibility index (Phi) is 3.68. The zero-order valence-electron chi connectivity index (χ0n) is 12.4. The van der Waals surface area contributed by atoms with E-state index in [-0.39, 0.29) is 5.91 Å². The van der Waals surface area contributed by atoms with Gasteiger partial charge in [-0.25, -0.2) is 4.98 Å². The third-order valence-electron chi connectivity index (χ3n) is 3.40. The van der Waals surface area contributed by atoms with Crippen molar-refractivity contribution in [3.8, 4) is 10.7 Å². The predicted octanol–water partition coefficient (Wildman–Crippen LogP) is 3.40. The first-order chi connectivity index (χ1) is 11.8. The van der Waals surface area contributed by atoms with Crippen molar-refractivity contribution in [2.75, 3.05) is 5.32 Å². The lowest BCUT2D eigenvalue weighted by Gasteiger charge is -2.06. The lowest BCUT2D eigenvalue weighted by atomic mass is 10.2. The van der Waals surface area contributed by atoms with E-state index in [1.54, 1.807) is 30.2 Å². The number of carbonyl (C=O) groups excluding carboxylic acids is 1. The monoisotopic (exact) mass is 333 g/mol. The van der Waals surface area contributed by atoms with Crippen LogP contribution >= 0.6 is 11.3 Å². The first-order valence-electron chi connectivity index (χ1n) is 7.18. The molecule has 0 aliphatic carbocycles. The highest BCUT2D eigenvalue weighted by atomic mass is 32.1. The molecule has 116 valence electrons. The van der Waals surface area contributed by atoms with Crippen LogP contribution in [-0.2, 0) is 0 Å². The molecular formula is C17H11N5OS. The van der Waals surface area contributed by atoms with Crippen LogP contribution < -0.4 is 5.32 Å². The number of rotatable bonds is 3. The highest BCUT2D eigenvalue weighted by Crippen LogP contribution is 2.23. The maximum absolute atomic E-state index is 12.5. The molecular weight excluding hydrogens is 322 g/mol. The number of anilines is 1. The Hall–Kier alpha value is -3.19. The van der Waals surface area contributed by atoms with Crippen molar-refractivity contribution < 1.29 is 4.79 Å². The standard InChI is InChI=1S/C17H11N5OS/c23-16(14-10-24-17(22-14)13-9-18-7-8-19-13)21-12-5-1-3-11-4-2-6-20-15(11)12/h1-10H,(H,21,23). The Labute approximate surface area is 141 Å². The van der Waals surface area contributed by atoms with Crippen LogP contribution in [0.25, 0.3) is 21.6 Å². The van der Waals surface area contributed by atoms with E-state index < -0.39 is 0 Å². The summed E-state index contributed by atoms with van der Waals surface area (Å²) in [7, 11) is 0. The number of benzene rings is 1. The number of para-hydroxylation sites is 1. The molecule has 0 fully saturated rings. The molecule has 0 saturated heterocycles. The van der Waals surface area contributed by atoms with E-state index in [1.807, 2.05) is 30.3 Å². The van der Waals surface area contributed by atoms with Crippen LogP contribution in [0.15, 0.2) is 60.5 Å². The topological polar surface area (TPSA) is 80.7 Å². The fraction of sp³-hybridized carbons (Fsp3) is 0. The molecule has 0 radical (unpaired) electrons. The summed E-state index contributed by atoms with van der Waals surface area (Å²) < 4.78 is 0. The van der Waals surface area contributed by atoms with Crippen LogP contribution in [0.2, 0.25) is 0 Å². The third-order valence-corrected chi connectivity index (χ3v) is 4.26. The molecule has 7 heteroatoms. The van der Waals surface area contributed by atoms with Gasteiger partial charge in [0.1, 0.15) is 16.4 Å². The molecule has 0 spiro atoms. The minimum absolute atomic E-state index is 0.278. The van der Waals surface area contributed by atoms with Crippen LogP contribution in [0.1, 0.15) is 10.5 Å². The van der Waals surface area contributed by atoms with Gasteiger partial charge in [0.05, 0.1) is 17.4 Å². The molecule has 1 N–H and O–H groups in total. The Morgan fingerprint density at radius 1 is 1.04 bits per heavy atom. The number of nitrogens with zero attached hydrogens (tertiary/aromatic N) is 4. The molecule has 1 aromatic carbocycles. The Bertz CT molecular complexity index is 1010. The maximum atomic E-state index is 12.5. The summed E-state index contributed by atoms with van der Waals surface area (Å²) in [5.41, 5.74) is 2.40. The molecule has 0 aliphatic heterocycles. The molecule has 0 aliphatic rings. The van der Waals surface area contributed by atoms with Gasteiger partial charge in [-0.3, -0.25) is 19.7 Å². The number of pyridine rings is 1. The summed E-state index contributed by atoms with van der Waals surface area (Å²) in [4.78, 5) is 29.3. The van der Waals surface area contributed by atoms with Crippen LogP contribution in [0, 0.1) is 0 Å². The number of fused-ring (bicyclic) bond motifs is 1. The molecule has 4 aromatic rings. The first-order valence-corrected chi connectivity index (χ1v) is 8.06. The van der Waals surface area contributed by atoms with Crippen molar-refractivity contribution in [2.45, 2.75) is 0 Å². The van der Waals surface area contributed by atoms with E-state index in [9.17, 15) is 4.79 Å². The van der Waals surface area contributed by atoms with Gasteiger partial charge < -0.3 is 5.32 Å². The molecule has 0 atom stereocenters. The largest absolute Gasteiger partial charge is 0.319 e. The summed E-state index contributed by atoms with van der Waals surface area (Å²) in [6, 6.07) is 9.47. The third kappa shape index (κ3) is 2.72. The molecule has 1 amide bonds. The number of nitrogens with one attached hydrogen (secondary N) is 1. The zero-order chi connectivity index (χ0) is 16.4. The van der Waals surface area contributed by atoms with E-state index in [2.05, 4.69) is 25.3 Å².